The maximum absolute atomic E-state index is 11.4. The molecule has 0 unspecified atom stereocenters. The summed E-state index contributed by atoms with van der Waals surface area (Å²) in [6.07, 6.45) is 1.81. The average molecular weight is 419 g/mol. The molecule has 0 aliphatic carbocycles. The molecule has 1 aliphatic rings. The van der Waals surface area contributed by atoms with Crippen molar-refractivity contribution in [1.29, 1.82) is 0 Å². The van der Waals surface area contributed by atoms with Gasteiger partial charge in [-0.25, -0.2) is 4.79 Å². The topological polar surface area (TPSA) is 65.0 Å². The van der Waals surface area contributed by atoms with Crippen LogP contribution >= 0.6 is 11.6 Å². The van der Waals surface area contributed by atoms with Crippen molar-refractivity contribution in [1.82, 2.24) is 0 Å². The maximum Gasteiger partial charge on any atom is 0.347 e. The number of carboxylic acid groups (broad SMARTS) is 1. The normalized spacial score (nSPS) is 18.1. The highest BCUT2D eigenvalue weighted by Gasteiger charge is 2.39. The Kier molecular flexibility index (Phi) is 6.58. The fraction of sp³-hybridized carbons (Fsp3) is 0.435. The Hall–Kier alpha value is -2.40. The summed E-state index contributed by atoms with van der Waals surface area (Å²) in [7, 11) is 0. The summed E-state index contributed by atoms with van der Waals surface area (Å²) in [6, 6.07) is 11.4. The van der Waals surface area contributed by atoms with Gasteiger partial charge in [-0.15, -0.1) is 0 Å². The molecule has 29 heavy (non-hydrogen) atoms. The molecule has 5 nitrogen and oxygen atoms in total. The molecule has 156 valence electrons. The number of carboxylic acids is 1. The molecule has 0 fully saturated rings. The van der Waals surface area contributed by atoms with Crippen LogP contribution in [0, 0.1) is 0 Å². The summed E-state index contributed by atoms with van der Waals surface area (Å²) in [4.78, 5) is 11.4. The fourth-order valence-corrected chi connectivity index (χ4v) is 3.41. The molecule has 0 amide bonds. The highest BCUT2D eigenvalue weighted by molar-refractivity contribution is 6.32. The predicted molar refractivity (Wildman–Crippen MR) is 113 cm³/mol. The highest BCUT2D eigenvalue weighted by Crippen LogP contribution is 2.36. The Labute approximate surface area is 176 Å². The quantitative estimate of drug-likeness (QED) is 0.575. The summed E-state index contributed by atoms with van der Waals surface area (Å²) in [6.45, 7) is 6.80. The molecule has 2 aromatic rings. The zero-order chi connectivity index (χ0) is 21.0. The van der Waals surface area contributed by atoms with E-state index >= 15 is 0 Å². The Morgan fingerprint density at radius 2 is 1.97 bits per heavy atom. The Bertz CT molecular complexity index is 880. The minimum absolute atomic E-state index is 0.420. The van der Waals surface area contributed by atoms with Gasteiger partial charge in [0.15, 0.2) is 0 Å². The third kappa shape index (κ3) is 5.15. The van der Waals surface area contributed by atoms with E-state index in [1.165, 1.54) is 5.56 Å². The van der Waals surface area contributed by atoms with Gasteiger partial charge in [0.05, 0.1) is 18.2 Å². The summed E-state index contributed by atoms with van der Waals surface area (Å²) in [5.41, 5.74) is 0.988. The smallest absolute Gasteiger partial charge is 0.347 e. The van der Waals surface area contributed by atoms with Crippen LogP contribution in [0.2, 0.25) is 5.02 Å². The zero-order valence-electron chi connectivity index (χ0n) is 17.0. The van der Waals surface area contributed by atoms with E-state index < -0.39 is 11.6 Å². The van der Waals surface area contributed by atoms with Gasteiger partial charge in [-0.1, -0.05) is 37.6 Å². The average Bonchev–Trinajstić information content (AvgIpc) is 2.68. The van der Waals surface area contributed by atoms with E-state index in [4.69, 9.17) is 25.8 Å². The minimum atomic E-state index is -1.19. The van der Waals surface area contributed by atoms with Crippen LogP contribution in [0.5, 0.6) is 17.2 Å². The van der Waals surface area contributed by atoms with Crippen LogP contribution in [0.1, 0.15) is 50.7 Å². The lowest BCUT2D eigenvalue weighted by Gasteiger charge is -2.32. The summed E-state index contributed by atoms with van der Waals surface area (Å²) < 4.78 is 17.3. The van der Waals surface area contributed by atoms with Crippen molar-refractivity contribution in [3.63, 3.8) is 0 Å². The fourth-order valence-electron chi connectivity index (χ4n) is 3.17. The van der Waals surface area contributed by atoms with Gasteiger partial charge >= 0.3 is 5.97 Å². The third-order valence-electron chi connectivity index (χ3n) is 5.14. The molecule has 0 saturated heterocycles. The number of aryl methyl sites for hydroxylation is 1. The molecular formula is C23H27ClO5. The van der Waals surface area contributed by atoms with Gasteiger partial charge in [-0.2, -0.15) is 0 Å². The second-order valence-electron chi connectivity index (χ2n) is 7.80. The number of benzene rings is 2. The highest BCUT2D eigenvalue weighted by atomic mass is 35.5. The molecule has 2 aromatic carbocycles. The number of ether oxygens (including phenoxy) is 3. The number of aliphatic carboxylic acids is 1. The molecule has 0 saturated carbocycles. The Morgan fingerprint density at radius 3 is 2.66 bits per heavy atom. The first kappa shape index (κ1) is 21.3. The van der Waals surface area contributed by atoms with Crippen LogP contribution in [0.3, 0.4) is 0 Å². The van der Waals surface area contributed by atoms with Gasteiger partial charge in [0.2, 0.25) is 5.60 Å². The van der Waals surface area contributed by atoms with E-state index in [1.54, 1.807) is 13.0 Å². The lowest BCUT2D eigenvalue weighted by Crippen LogP contribution is -2.44. The van der Waals surface area contributed by atoms with E-state index in [0.717, 1.165) is 5.56 Å². The van der Waals surface area contributed by atoms with Crippen LogP contribution in [0.15, 0.2) is 36.4 Å². The monoisotopic (exact) mass is 418 g/mol. The van der Waals surface area contributed by atoms with E-state index in [-0.39, 0.29) is 0 Å². The van der Waals surface area contributed by atoms with Crippen molar-refractivity contribution in [3.8, 4) is 17.2 Å². The van der Waals surface area contributed by atoms with Crippen molar-refractivity contribution in [2.45, 2.75) is 51.6 Å². The van der Waals surface area contributed by atoms with Crippen LogP contribution in [-0.2, 0) is 11.2 Å². The van der Waals surface area contributed by atoms with E-state index in [0.29, 0.717) is 60.7 Å². The van der Waals surface area contributed by atoms with Crippen molar-refractivity contribution in [2.24, 2.45) is 0 Å². The van der Waals surface area contributed by atoms with Gasteiger partial charge in [-0.05, 0) is 48.6 Å². The molecule has 0 radical (unpaired) electrons. The van der Waals surface area contributed by atoms with Crippen LogP contribution in [0.4, 0.5) is 0 Å². The largest absolute Gasteiger partial charge is 0.493 e. The second-order valence-corrected chi connectivity index (χ2v) is 8.21. The Morgan fingerprint density at radius 1 is 1.21 bits per heavy atom. The SMILES string of the molecule is CC(C)c1ccc(OCCCOc2ccc3c(c2)O[C@@](C)(C(=O)O)CC3)c(Cl)c1. The molecule has 0 spiro atoms. The van der Waals surface area contributed by atoms with E-state index in [2.05, 4.69) is 13.8 Å². The lowest BCUT2D eigenvalue weighted by atomic mass is 9.93. The van der Waals surface area contributed by atoms with Gasteiger partial charge in [0.1, 0.15) is 17.2 Å². The zero-order valence-corrected chi connectivity index (χ0v) is 17.8. The molecular weight excluding hydrogens is 392 g/mol. The number of carbonyl (C=O) groups is 1. The number of hydrogen-bond donors (Lipinski definition) is 1. The van der Waals surface area contributed by atoms with E-state index in [9.17, 15) is 9.90 Å². The molecule has 1 heterocycles. The van der Waals surface area contributed by atoms with Crippen molar-refractivity contribution >= 4 is 17.6 Å². The van der Waals surface area contributed by atoms with Crippen molar-refractivity contribution < 1.29 is 24.1 Å². The number of hydrogen-bond acceptors (Lipinski definition) is 4. The molecule has 0 aromatic heterocycles. The molecule has 1 aliphatic heterocycles. The standard InChI is InChI=1S/C23H27ClO5/c1-15(2)17-6-8-20(19(24)13-17)28-12-4-11-27-18-7-5-16-9-10-23(3,22(25)26)29-21(16)14-18/h5-8,13-15H,4,9-12H2,1-3H3,(H,25,26)/t23-/m1/s1. The summed E-state index contributed by atoms with van der Waals surface area (Å²) in [5, 5.41) is 9.99. The number of rotatable bonds is 8. The van der Waals surface area contributed by atoms with Crippen molar-refractivity contribution in [3.05, 3.63) is 52.5 Å². The van der Waals surface area contributed by atoms with Crippen LogP contribution in [-0.4, -0.2) is 29.9 Å². The molecule has 1 N–H and O–H groups in total. The molecule has 6 heteroatoms. The van der Waals surface area contributed by atoms with Gasteiger partial charge in [0, 0.05) is 18.9 Å². The van der Waals surface area contributed by atoms with Crippen LogP contribution in [0.25, 0.3) is 0 Å². The number of fused-ring (bicyclic) bond motifs is 1. The Balaban J connectivity index is 1.49. The molecule has 1 atom stereocenters. The minimum Gasteiger partial charge on any atom is -0.493 e. The first-order valence-electron chi connectivity index (χ1n) is 9.89. The van der Waals surface area contributed by atoms with Crippen LogP contribution < -0.4 is 14.2 Å². The second kappa shape index (κ2) is 8.95. The van der Waals surface area contributed by atoms with E-state index in [1.807, 2.05) is 30.3 Å². The summed E-state index contributed by atoms with van der Waals surface area (Å²) in [5.74, 6) is 1.37. The first-order valence-corrected chi connectivity index (χ1v) is 10.3. The van der Waals surface area contributed by atoms with Crippen molar-refractivity contribution in [2.75, 3.05) is 13.2 Å². The lowest BCUT2D eigenvalue weighted by molar-refractivity contribution is -0.155. The summed E-state index contributed by atoms with van der Waals surface area (Å²) >= 11 is 6.28. The predicted octanol–water partition coefficient (Wildman–Crippen LogP) is 5.48. The molecule has 0 bridgehead atoms. The van der Waals surface area contributed by atoms with Gasteiger partial charge in [-0.3, -0.25) is 0 Å². The first-order chi connectivity index (χ1) is 13.8. The third-order valence-corrected chi connectivity index (χ3v) is 5.43. The van der Waals surface area contributed by atoms with Gasteiger partial charge in [0.25, 0.3) is 0 Å². The number of halogens is 1. The van der Waals surface area contributed by atoms with Gasteiger partial charge < -0.3 is 19.3 Å². The molecule has 3 rings (SSSR count). The maximum atomic E-state index is 11.4.